The maximum absolute atomic E-state index is 5.11. The number of aromatic amines is 2. The molecule has 0 atom stereocenters. The normalized spacial score (nSPS) is 10.4. The summed E-state index contributed by atoms with van der Waals surface area (Å²) in [4.78, 5) is 6.39. The van der Waals surface area contributed by atoms with Gasteiger partial charge in [-0.3, -0.25) is 0 Å². The van der Waals surface area contributed by atoms with Crippen LogP contribution >= 0.6 is 12.2 Å². The zero-order valence-corrected chi connectivity index (χ0v) is 13.4. The maximum Gasteiger partial charge on any atom is 0.175 e. The number of fused-ring (bicyclic) bond motifs is 1. The van der Waals surface area contributed by atoms with E-state index in [4.69, 9.17) is 12.2 Å². The second-order valence-corrected chi connectivity index (χ2v) is 4.24. The van der Waals surface area contributed by atoms with Crippen molar-refractivity contribution >= 4 is 23.3 Å². The number of hydrogen-bond acceptors (Lipinski definition) is 1. The van der Waals surface area contributed by atoms with Crippen LogP contribution in [-0.2, 0) is 19.5 Å². The second kappa shape index (κ2) is 4.19. The molecule has 2 rings (SSSR count). The van der Waals surface area contributed by atoms with Gasteiger partial charge in [0.2, 0.25) is 0 Å². The summed E-state index contributed by atoms with van der Waals surface area (Å²) >= 11 is 5.11. The number of H-pyrrole nitrogens is 2. The molecule has 2 nitrogen and oxygen atoms in total. The Balaban J connectivity index is 0.00000112. The fourth-order valence-corrected chi connectivity index (χ4v) is 2.09. The van der Waals surface area contributed by atoms with Crippen molar-refractivity contribution < 1.29 is 19.5 Å². The topological polar surface area (TPSA) is 31.6 Å². The van der Waals surface area contributed by atoms with Gasteiger partial charge in [0.1, 0.15) is 0 Å². The zero-order chi connectivity index (χ0) is 10.5. The van der Waals surface area contributed by atoms with E-state index in [1.165, 1.54) is 22.3 Å². The molecule has 1 heterocycles. The molecular formula is C11H14N2SZn. The molecule has 0 amide bonds. The van der Waals surface area contributed by atoms with Crippen LogP contribution in [0.2, 0.25) is 0 Å². The van der Waals surface area contributed by atoms with E-state index in [9.17, 15) is 0 Å². The fraction of sp³-hybridized carbons (Fsp3) is 0.364. The Hall–Kier alpha value is -0.467. The first-order valence-corrected chi connectivity index (χ1v) is 5.11. The number of imidazole rings is 1. The predicted octanol–water partition coefficient (Wildman–Crippen LogP) is 3.46. The van der Waals surface area contributed by atoms with E-state index in [-0.39, 0.29) is 19.5 Å². The summed E-state index contributed by atoms with van der Waals surface area (Å²) in [5.41, 5.74) is 7.57. The van der Waals surface area contributed by atoms with Gasteiger partial charge < -0.3 is 9.97 Å². The van der Waals surface area contributed by atoms with Crippen LogP contribution in [0.5, 0.6) is 0 Å². The molecule has 0 spiro atoms. The third-order valence-electron chi connectivity index (χ3n) is 3.16. The summed E-state index contributed by atoms with van der Waals surface area (Å²) < 4.78 is 0.705. The van der Waals surface area contributed by atoms with E-state index in [1.807, 2.05) is 0 Å². The predicted molar refractivity (Wildman–Crippen MR) is 62.4 cm³/mol. The van der Waals surface area contributed by atoms with Gasteiger partial charge in [0.25, 0.3) is 0 Å². The third kappa shape index (κ3) is 1.81. The van der Waals surface area contributed by atoms with Crippen molar-refractivity contribution in [3.8, 4) is 0 Å². The molecule has 0 saturated heterocycles. The van der Waals surface area contributed by atoms with Gasteiger partial charge in [0.15, 0.2) is 4.77 Å². The van der Waals surface area contributed by atoms with E-state index in [0.29, 0.717) is 4.77 Å². The van der Waals surface area contributed by atoms with Crippen molar-refractivity contribution in [2.75, 3.05) is 0 Å². The van der Waals surface area contributed by atoms with E-state index < -0.39 is 0 Å². The van der Waals surface area contributed by atoms with Crippen LogP contribution in [0.1, 0.15) is 22.3 Å². The van der Waals surface area contributed by atoms with Gasteiger partial charge in [-0.05, 0) is 62.2 Å². The van der Waals surface area contributed by atoms with Gasteiger partial charge in [-0.25, -0.2) is 0 Å². The van der Waals surface area contributed by atoms with Crippen molar-refractivity contribution in [3.63, 3.8) is 0 Å². The minimum atomic E-state index is 0. The number of benzene rings is 1. The van der Waals surface area contributed by atoms with Gasteiger partial charge in [0.05, 0.1) is 11.0 Å². The smallest absolute Gasteiger partial charge is 0.175 e. The molecule has 1 aromatic carbocycles. The number of nitrogens with one attached hydrogen (secondary N) is 2. The molecule has 0 fully saturated rings. The molecule has 76 valence electrons. The van der Waals surface area contributed by atoms with Gasteiger partial charge >= 0.3 is 0 Å². The van der Waals surface area contributed by atoms with E-state index in [2.05, 4.69) is 37.7 Å². The minimum absolute atomic E-state index is 0. The molecule has 0 aliphatic rings. The van der Waals surface area contributed by atoms with E-state index in [0.717, 1.165) is 11.0 Å². The molecule has 4 heteroatoms. The Labute approximate surface area is 107 Å². The standard InChI is InChI=1S/C11H14N2S.Zn/c1-5-6(2)8(4)10-9(7(5)3)12-11(14)13-10;/h1-4H3,(H2,12,13,14);. The average molecular weight is 272 g/mol. The first-order chi connectivity index (χ1) is 6.52. The number of hydrogen-bond donors (Lipinski definition) is 2. The summed E-state index contributed by atoms with van der Waals surface area (Å²) in [5, 5.41) is 0. The van der Waals surface area contributed by atoms with Crippen molar-refractivity contribution in [2.45, 2.75) is 27.7 Å². The van der Waals surface area contributed by atoms with Gasteiger partial charge in [-0.15, -0.1) is 0 Å². The summed E-state index contributed by atoms with van der Waals surface area (Å²) in [6.07, 6.45) is 0. The molecule has 0 radical (unpaired) electrons. The zero-order valence-electron chi connectivity index (χ0n) is 9.62. The van der Waals surface area contributed by atoms with Crippen LogP contribution in [0.3, 0.4) is 0 Å². The number of rotatable bonds is 0. The van der Waals surface area contributed by atoms with Crippen LogP contribution in [0, 0.1) is 32.5 Å². The SMILES string of the molecule is Cc1c(C)c(C)c2[nH]c(=S)[nH]c2c1C.[Zn]. The molecule has 15 heavy (non-hydrogen) atoms. The van der Waals surface area contributed by atoms with Gasteiger partial charge in [-0.1, -0.05) is 0 Å². The maximum atomic E-state index is 5.11. The van der Waals surface area contributed by atoms with Gasteiger partial charge in [0, 0.05) is 19.5 Å². The Morgan fingerprint density at radius 2 is 1.07 bits per heavy atom. The average Bonchev–Trinajstić information content (AvgIpc) is 2.54. The monoisotopic (exact) mass is 270 g/mol. The quantitative estimate of drug-likeness (QED) is 0.558. The van der Waals surface area contributed by atoms with Crippen molar-refractivity contribution in [3.05, 3.63) is 27.0 Å². The Bertz CT molecular complexity index is 518. The molecule has 2 N–H and O–H groups in total. The molecule has 0 aliphatic carbocycles. The number of aromatic nitrogens is 2. The third-order valence-corrected chi connectivity index (χ3v) is 3.37. The molecular weight excluding hydrogens is 258 g/mol. The summed E-state index contributed by atoms with van der Waals surface area (Å²) in [7, 11) is 0. The Morgan fingerprint density at radius 1 is 0.733 bits per heavy atom. The molecule has 2 aromatic rings. The molecule has 1 aromatic heterocycles. The van der Waals surface area contributed by atoms with Crippen LogP contribution in [0.4, 0.5) is 0 Å². The molecule has 0 unspecified atom stereocenters. The van der Waals surface area contributed by atoms with Crippen LogP contribution in [0.15, 0.2) is 0 Å². The number of aryl methyl sites for hydroxylation is 2. The summed E-state index contributed by atoms with van der Waals surface area (Å²) in [6, 6.07) is 0. The summed E-state index contributed by atoms with van der Waals surface area (Å²) in [6.45, 7) is 8.56. The Morgan fingerprint density at radius 3 is 1.40 bits per heavy atom. The van der Waals surface area contributed by atoms with E-state index in [1.54, 1.807) is 0 Å². The van der Waals surface area contributed by atoms with E-state index >= 15 is 0 Å². The van der Waals surface area contributed by atoms with Crippen LogP contribution in [0.25, 0.3) is 11.0 Å². The first kappa shape index (κ1) is 12.6. The molecule has 0 saturated carbocycles. The molecule has 0 bridgehead atoms. The first-order valence-electron chi connectivity index (χ1n) is 4.70. The van der Waals surface area contributed by atoms with Crippen LogP contribution < -0.4 is 0 Å². The van der Waals surface area contributed by atoms with Crippen molar-refractivity contribution in [2.24, 2.45) is 0 Å². The van der Waals surface area contributed by atoms with Gasteiger partial charge in [-0.2, -0.15) is 0 Å². The van der Waals surface area contributed by atoms with Crippen molar-refractivity contribution in [1.82, 2.24) is 9.97 Å². The largest absolute Gasteiger partial charge is 0.331 e. The van der Waals surface area contributed by atoms with Crippen molar-refractivity contribution in [1.29, 1.82) is 0 Å². The summed E-state index contributed by atoms with van der Waals surface area (Å²) in [5.74, 6) is 0. The minimum Gasteiger partial charge on any atom is -0.331 e. The second-order valence-electron chi connectivity index (χ2n) is 3.83. The fourth-order valence-electron chi connectivity index (χ4n) is 1.88. The van der Waals surface area contributed by atoms with Crippen LogP contribution in [-0.4, -0.2) is 9.97 Å². The Kier molecular flexibility index (Phi) is 3.52. The molecule has 0 aliphatic heterocycles.